The molecule has 0 aromatic heterocycles. The lowest BCUT2D eigenvalue weighted by Crippen LogP contribution is -2.32. The van der Waals surface area contributed by atoms with Crippen molar-refractivity contribution in [3.63, 3.8) is 0 Å². The van der Waals surface area contributed by atoms with Gasteiger partial charge in [0.05, 0.1) is 6.10 Å². The molecule has 24 heavy (non-hydrogen) atoms. The third-order valence-corrected chi connectivity index (χ3v) is 4.39. The quantitative estimate of drug-likeness (QED) is 0.654. The largest absolute Gasteiger partial charge is 0.376 e. The highest BCUT2D eigenvalue weighted by atomic mass is 35.5. The maximum Gasteiger partial charge on any atom is 0.252 e. The van der Waals surface area contributed by atoms with Gasteiger partial charge in [-0.05, 0) is 36.1 Å². The third kappa shape index (κ3) is 4.25. The number of carbonyl (C=O) groups excluding carboxylic acids is 1. The number of ether oxygens (including phenoxy) is 1. The Labute approximate surface area is 147 Å². The predicted molar refractivity (Wildman–Crippen MR) is 97.7 cm³/mol. The van der Waals surface area contributed by atoms with Crippen LogP contribution >= 0.6 is 11.6 Å². The second kappa shape index (κ2) is 8.13. The van der Waals surface area contributed by atoms with Gasteiger partial charge in [0.15, 0.2) is 0 Å². The van der Waals surface area contributed by atoms with Crippen molar-refractivity contribution >= 4 is 29.2 Å². The second-order valence-corrected chi connectivity index (χ2v) is 6.20. The van der Waals surface area contributed by atoms with Crippen LogP contribution in [0.15, 0.2) is 54.6 Å². The lowest BCUT2D eigenvalue weighted by molar-refractivity contribution is -0.116. The fraction of sp³-hybridized carbons (Fsp3) is 0.250. The molecule has 2 aromatic rings. The van der Waals surface area contributed by atoms with E-state index in [1.165, 1.54) is 0 Å². The van der Waals surface area contributed by atoms with E-state index in [1.807, 2.05) is 60.7 Å². The number of halogens is 1. The van der Waals surface area contributed by atoms with E-state index >= 15 is 0 Å². The van der Waals surface area contributed by atoms with Crippen LogP contribution < -0.4 is 5.32 Å². The molecule has 4 heteroatoms. The normalized spacial score (nSPS) is 17.7. The first-order valence-electron chi connectivity index (χ1n) is 8.15. The molecule has 1 amide bonds. The van der Waals surface area contributed by atoms with Crippen LogP contribution in [0, 0.1) is 0 Å². The van der Waals surface area contributed by atoms with Crippen molar-refractivity contribution in [3.05, 3.63) is 70.7 Å². The van der Waals surface area contributed by atoms with Crippen LogP contribution in [0.1, 0.15) is 24.0 Å². The minimum atomic E-state index is -0.114. The summed E-state index contributed by atoms with van der Waals surface area (Å²) in [5, 5.41) is 3.61. The third-order valence-electron chi connectivity index (χ3n) is 4.05. The monoisotopic (exact) mass is 341 g/mol. The van der Waals surface area contributed by atoms with Crippen LogP contribution in [0.5, 0.6) is 0 Å². The SMILES string of the molecule is O=C(NCC1CCCO1)C(=Cc1ccccc1Cl)c1ccccc1. The molecule has 1 atom stereocenters. The highest BCUT2D eigenvalue weighted by Gasteiger charge is 2.18. The summed E-state index contributed by atoms with van der Waals surface area (Å²) in [6.07, 6.45) is 4.01. The first-order valence-corrected chi connectivity index (χ1v) is 8.53. The van der Waals surface area contributed by atoms with E-state index in [1.54, 1.807) is 0 Å². The van der Waals surface area contributed by atoms with Gasteiger partial charge in [0.2, 0.25) is 0 Å². The number of carbonyl (C=O) groups is 1. The minimum absolute atomic E-state index is 0.114. The summed E-state index contributed by atoms with van der Waals surface area (Å²) in [5.74, 6) is -0.114. The molecule has 2 aromatic carbocycles. The minimum Gasteiger partial charge on any atom is -0.376 e. The first-order chi connectivity index (χ1) is 11.7. The number of amides is 1. The highest BCUT2D eigenvalue weighted by Crippen LogP contribution is 2.23. The van der Waals surface area contributed by atoms with Crippen LogP contribution in [0.3, 0.4) is 0 Å². The van der Waals surface area contributed by atoms with Gasteiger partial charge < -0.3 is 10.1 Å². The predicted octanol–water partition coefficient (Wildman–Crippen LogP) is 4.18. The number of rotatable bonds is 5. The topological polar surface area (TPSA) is 38.3 Å². The van der Waals surface area contributed by atoms with Crippen LogP contribution in [-0.2, 0) is 9.53 Å². The lowest BCUT2D eigenvalue weighted by atomic mass is 10.0. The summed E-state index contributed by atoms with van der Waals surface area (Å²) in [6, 6.07) is 17.1. The summed E-state index contributed by atoms with van der Waals surface area (Å²) < 4.78 is 5.57. The average Bonchev–Trinajstić information content (AvgIpc) is 3.13. The molecule has 124 valence electrons. The molecule has 1 N–H and O–H groups in total. The Morgan fingerprint density at radius 3 is 2.62 bits per heavy atom. The number of hydrogen-bond donors (Lipinski definition) is 1. The molecule has 3 nitrogen and oxygen atoms in total. The molecule has 0 radical (unpaired) electrons. The van der Waals surface area contributed by atoms with E-state index in [4.69, 9.17) is 16.3 Å². The van der Waals surface area contributed by atoms with Crippen molar-refractivity contribution < 1.29 is 9.53 Å². The Hall–Kier alpha value is -2.10. The van der Waals surface area contributed by atoms with Gasteiger partial charge in [-0.1, -0.05) is 60.1 Å². The Balaban J connectivity index is 1.84. The van der Waals surface area contributed by atoms with Gasteiger partial charge >= 0.3 is 0 Å². The van der Waals surface area contributed by atoms with Gasteiger partial charge in [0.25, 0.3) is 5.91 Å². The first kappa shape index (κ1) is 16.7. The molecule has 0 saturated carbocycles. The van der Waals surface area contributed by atoms with Crippen LogP contribution in [0.25, 0.3) is 11.6 Å². The number of hydrogen-bond acceptors (Lipinski definition) is 2. The summed E-state index contributed by atoms with van der Waals surface area (Å²) in [6.45, 7) is 1.31. The van der Waals surface area contributed by atoms with Gasteiger partial charge in [-0.3, -0.25) is 4.79 Å². The Morgan fingerprint density at radius 2 is 1.92 bits per heavy atom. The van der Waals surface area contributed by atoms with Crippen molar-refractivity contribution in [3.8, 4) is 0 Å². The van der Waals surface area contributed by atoms with Crippen LogP contribution in [0.2, 0.25) is 5.02 Å². The second-order valence-electron chi connectivity index (χ2n) is 5.79. The zero-order chi connectivity index (χ0) is 16.8. The smallest absolute Gasteiger partial charge is 0.252 e. The molecule has 3 rings (SSSR count). The summed E-state index contributed by atoms with van der Waals surface area (Å²) in [5.41, 5.74) is 2.29. The van der Waals surface area contributed by atoms with E-state index in [0.29, 0.717) is 17.1 Å². The molecular formula is C20H20ClNO2. The van der Waals surface area contributed by atoms with Crippen molar-refractivity contribution in [1.82, 2.24) is 5.32 Å². The van der Waals surface area contributed by atoms with Gasteiger partial charge in [-0.2, -0.15) is 0 Å². The Bertz CT molecular complexity index is 721. The maximum atomic E-state index is 12.7. The van der Waals surface area contributed by atoms with Gasteiger partial charge in [-0.25, -0.2) is 0 Å². The Kier molecular flexibility index (Phi) is 5.68. The van der Waals surface area contributed by atoms with Crippen molar-refractivity contribution in [1.29, 1.82) is 0 Å². The van der Waals surface area contributed by atoms with Crippen molar-refractivity contribution in [2.75, 3.05) is 13.2 Å². The maximum absolute atomic E-state index is 12.7. The lowest BCUT2D eigenvalue weighted by Gasteiger charge is -2.13. The van der Waals surface area contributed by atoms with Crippen LogP contribution in [0.4, 0.5) is 0 Å². The fourth-order valence-corrected chi connectivity index (χ4v) is 2.94. The summed E-state index contributed by atoms with van der Waals surface area (Å²) >= 11 is 6.24. The van der Waals surface area contributed by atoms with Crippen molar-refractivity contribution in [2.45, 2.75) is 18.9 Å². The highest BCUT2D eigenvalue weighted by molar-refractivity contribution is 6.33. The molecule has 0 aliphatic carbocycles. The average molecular weight is 342 g/mol. The van der Waals surface area contributed by atoms with E-state index in [2.05, 4.69) is 5.32 Å². The molecule has 0 spiro atoms. The van der Waals surface area contributed by atoms with E-state index < -0.39 is 0 Å². The Morgan fingerprint density at radius 1 is 1.17 bits per heavy atom. The van der Waals surface area contributed by atoms with E-state index in [0.717, 1.165) is 30.6 Å². The molecule has 1 saturated heterocycles. The molecular weight excluding hydrogens is 322 g/mol. The molecule has 0 bridgehead atoms. The molecule has 1 heterocycles. The molecule has 1 unspecified atom stereocenters. The molecule has 1 aliphatic rings. The zero-order valence-electron chi connectivity index (χ0n) is 13.4. The summed E-state index contributed by atoms with van der Waals surface area (Å²) in [4.78, 5) is 12.7. The molecule has 1 aliphatic heterocycles. The summed E-state index contributed by atoms with van der Waals surface area (Å²) in [7, 11) is 0. The van der Waals surface area contributed by atoms with Gasteiger partial charge in [0, 0.05) is 23.7 Å². The molecule has 1 fully saturated rings. The standard InChI is InChI=1S/C20H20ClNO2/c21-19-11-5-4-9-16(19)13-18(15-7-2-1-3-8-15)20(23)22-14-17-10-6-12-24-17/h1-5,7-9,11,13,17H,6,10,12,14H2,(H,22,23). The van der Waals surface area contributed by atoms with Crippen molar-refractivity contribution in [2.24, 2.45) is 0 Å². The van der Waals surface area contributed by atoms with Gasteiger partial charge in [-0.15, -0.1) is 0 Å². The van der Waals surface area contributed by atoms with Gasteiger partial charge in [0.1, 0.15) is 0 Å². The van der Waals surface area contributed by atoms with E-state index in [-0.39, 0.29) is 12.0 Å². The van der Waals surface area contributed by atoms with Crippen LogP contribution in [-0.4, -0.2) is 25.2 Å². The van der Waals surface area contributed by atoms with E-state index in [9.17, 15) is 4.79 Å². The number of benzene rings is 2. The number of nitrogens with one attached hydrogen (secondary N) is 1. The fourth-order valence-electron chi connectivity index (χ4n) is 2.75. The zero-order valence-corrected chi connectivity index (χ0v) is 14.1.